The number of carbonyl (C=O) groups is 1. The summed E-state index contributed by atoms with van der Waals surface area (Å²) < 4.78 is 0.979. The molecule has 0 aliphatic heterocycles. The van der Waals surface area contributed by atoms with Gasteiger partial charge in [0.05, 0.1) is 5.75 Å². The van der Waals surface area contributed by atoms with E-state index in [1.807, 2.05) is 24.3 Å². The van der Waals surface area contributed by atoms with Gasteiger partial charge in [0.2, 0.25) is 0 Å². The number of thioether (sulfide) groups is 1. The molecule has 1 rings (SSSR count). The van der Waals surface area contributed by atoms with Gasteiger partial charge in [-0.3, -0.25) is 4.79 Å². The first-order valence-electron chi connectivity index (χ1n) is 4.71. The van der Waals surface area contributed by atoms with Crippen molar-refractivity contribution in [1.82, 2.24) is 0 Å². The molecule has 0 atom stereocenters. The van der Waals surface area contributed by atoms with Gasteiger partial charge in [-0.05, 0) is 24.3 Å². The number of carbonyl (C=O) groups excluding carboxylic acids is 1. The number of benzene rings is 1. The van der Waals surface area contributed by atoms with Crippen LogP contribution in [0, 0.1) is 0 Å². The van der Waals surface area contributed by atoms with Gasteiger partial charge in [-0.2, -0.15) is 11.8 Å². The molecule has 0 aliphatic carbocycles. The monoisotopic (exact) mass is 288 g/mol. The Kier molecular flexibility index (Phi) is 5.98. The Morgan fingerprint density at radius 2 is 2.00 bits per heavy atom. The van der Waals surface area contributed by atoms with E-state index >= 15 is 0 Å². The number of halogens is 1. The lowest BCUT2D eigenvalue weighted by Crippen LogP contribution is -2.03. The van der Waals surface area contributed by atoms with Crippen molar-refractivity contribution in [2.75, 3.05) is 18.1 Å². The van der Waals surface area contributed by atoms with Crippen molar-refractivity contribution in [2.45, 2.75) is 6.42 Å². The van der Waals surface area contributed by atoms with Gasteiger partial charge in [0, 0.05) is 16.6 Å². The van der Waals surface area contributed by atoms with Crippen LogP contribution >= 0.6 is 27.7 Å². The summed E-state index contributed by atoms with van der Waals surface area (Å²) in [6, 6.07) is 7.37. The largest absolute Gasteiger partial charge is 0.396 e. The van der Waals surface area contributed by atoms with Crippen LogP contribution < -0.4 is 0 Å². The zero-order chi connectivity index (χ0) is 11.1. The number of rotatable bonds is 6. The fourth-order valence-corrected chi connectivity index (χ4v) is 2.14. The van der Waals surface area contributed by atoms with Crippen LogP contribution in [-0.4, -0.2) is 29.0 Å². The van der Waals surface area contributed by atoms with Gasteiger partial charge in [0.1, 0.15) is 0 Å². The van der Waals surface area contributed by atoms with Gasteiger partial charge in [-0.1, -0.05) is 28.1 Å². The van der Waals surface area contributed by atoms with Gasteiger partial charge in [-0.25, -0.2) is 0 Å². The molecule has 0 fully saturated rings. The Hall–Kier alpha value is -0.320. The Labute approximate surface area is 102 Å². The molecule has 1 aromatic carbocycles. The molecule has 0 heterocycles. The van der Waals surface area contributed by atoms with Crippen molar-refractivity contribution in [1.29, 1.82) is 0 Å². The van der Waals surface area contributed by atoms with E-state index in [9.17, 15) is 4.79 Å². The molecule has 0 amide bonds. The van der Waals surface area contributed by atoms with Crippen LogP contribution in [0.1, 0.15) is 16.8 Å². The average Bonchev–Trinajstić information content (AvgIpc) is 2.25. The fourth-order valence-electron chi connectivity index (χ4n) is 1.05. The predicted molar refractivity (Wildman–Crippen MR) is 67.5 cm³/mol. The number of hydrogen-bond acceptors (Lipinski definition) is 3. The lowest BCUT2D eigenvalue weighted by molar-refractivity contribution is 0.102. The third-order valence-electron chi connectivity index (χ3n) is 1.85. The van der Waals surface area contributed by atoms with E-state index in [2.05, 4.69) is 15.9 Å². The first-order valence-corrected chi connectivity index (χ1v) is 6.66. The normalized spacial score (nSPS) is 10.3. The summed E-state index contributed by atoms with van der Waals surface area (Å²) in [5.74, 6) is 1.46. The molecule has 15 heavy (non-hydrogen) atoms. The van der Waals surface area contributed by atoms with Crippen molar-refractivity contribution in [3.05, 3.63) is 34.3 Å². The van der Waals surface area contributed by atoms with E-state index in [0.717, 1.165) is 22.2 Å². The van der Waals surface area contributed by atoms with Gasteiger partial charge in [0.15, 0.2) is 5.78 Å². The molecule has 4 heteroatoms. The molecule has 0 bridgehead atoms. The third-order valence-corrected chi connectivity index (χ3v) is 3.42. The first kappa shape index (κ1) is 12.7. The van der Waals surface area contributed by atoms with E-state index in [-0.39, 0.29) is 12.4 Å². The van der Waals surface area contributed by atoms with Crippen LogP contribution in [0.3, 0.4) is 0 Å². The van der Waals surface area contributed by atoms with Crippen LogP contribution in [0.2, 0.25) is 0 Å². The highest BCUT2D eigenvalue weighted by atomic mass is 79.9. The zero-order valence-electron chi connectivity index (χ0n) is 8.28. The number of aliphatic hydroxyl groups is 1. The summed E-state index contributed by atoms with van der Waals surface area (Å²) in [7, 11) is 0. The van der Waals surface area contributed by atoms with Crippen molar-refractivity contribution < 1.29 is 9.90 Å². The number of aliphatic hydroxyl groups excluding tert-OH is 1. The maximum absolute atomic E-state index is 11.6. The molecule has 0 saturated carbocycles. The third kappa shape index (κ3) is 4.82. The molecular weight excluding hydrogens is 276 g/mol. The van der Waals surface area contributed by atoms with Crippen LogP contribution in [0.4, 0.5) is 0 Å². The highest BCUT2D eigenvalue weighted by Crippen LogP contribution is 2.13. The average molecular weight is 289 g/mol. The van der Waals surface area contributed by atoms with Crippen LogP contribution in [-0.2, 0) is 0 Å². The summed E-state index contributed by atoms with van der Waals surface area (Å²) in [5, 5.41) is 8.58. The maximum atomic E-state index is 11.6. The Bertz CT molecular complexity index is 311. The lowest BCUT2D eigenvalue weighted by Gasteiger charge is -2.00. The van der Waals surface area contributed by atoms with Crippen molar-refractivity contribution in [3.63, 3.8) is 0 Å². The van der Waals surface area contributed by atoms with E-state index < -0.39 is 0 Å². The van der Waals surface area contributed by atoms with Crippen molar-refractivity contribution >= 4 is 33.5 Å². The smallest absolute Gasteiger partial charge is 0.172 e. The second-order valence-corrected chi connectivity index (χ2v) is 5.08. The molecule has 1 N–H and O–H groups in total. The van der Waals surface area contributed by atoms with Gasteiger partial charge < -0.3 is 5.11 Å². The second-order valence-electron chi connectivity index (χ2n) is 3.06. The molecule has 0 aliphatic rings. The standard InChI is InChI=1S/C11H13BrO2S/c12-10-4-2-9(3-5-10)11(14)8-15-7-1-6-13/h2-5,13H,1,6-8H2. The quantitative estimate of drug-likeness (QED) is 0.646. The minimum atomic E-state index is 0.144. The molecular formula is C11H13BrO2S. The summed E-state index contributed by atoms with van der Waals surface area (Å²) in [6.07, 6.45) is 0.748. The Balaban J connectivity index is 2.37. The first-order chi connectivity index (χ1) is 7.24. The number of Topliss-reactive ketones (excluding diaryl/α,β-unsaturated/α-hetero) is 1. The Morgan fingerprint density at radius 3 is 2.60 bits per heavy atom. The molecule has 0 aromatic heterocycles. The molecule has 0 saturated heterocycles. The minimum Gasteiger partial charge on any atom is -0.396 e. The second kappa shape index (κ2) is 7.04. The molecule has 0 spiro atoms. The van der Waals surface area contributed by atoms with E-state index in [0.29, 0.717) is 5.75 Å². The van der Waals surface area contributed by atoms with E-state index in [1.54, 1.807) is 11.8 Å². The minimum absolute atomic E-state index is 0.144. The van der Waals surface area contributed by atoms with Gasteiger partial charge in [0.25, 0.3) is 0 Å². The molecule has 2 nitrogen and oxygen atoms in total. The van der Waals surface area contributed by atoms with E-state index in [4.69, 9.17) is 5.11 Å². The van der Waals surface area contributed by atoms with Gasteiger partial charge in [-0.15, -0.1) is 0 Å². The predicted octanol–water partition coefficient (Wildman–Crippen LogP) is 2.75. The number of hydrogen-bond donors (Lipinski definition) is 1. The van der Waals surface area contributed by atoms with Crippen LogP contribution in [0.5, 0.6) is 0 Å². The van der Waals surface area contributed by atoms with Crippen molar-refractivity contribution in [2.24, 2.45) is 0 Å². The van der Waals surface area contributed by atoms with Crippen LogP contribution in [0.25, 0.3) is 0 Å². The molecule has 0 radical (unpaired) electrons. The summed E-state index contributed by atoms with van der Waals surface area (Å²) in [4.78, 5) is 11.6. The van der Waals surface area contributed by atoms with Crippen LogP contribution in [0.15, 0.2) is 28.7 Å². The molecule has 1 aromatic rings. The topological polar surface area (TPSA) is 37.3 Å². The zero-order valence-corrected chi connectivity index (χ0v) is 10.7. The Morgan fingerprint density at radius 1 is 1.33 bits per heavy atom. The highest BCUT2D eigenvalue weighted by molar-refractivity contribution is 9.10. The van der Waals surface area contributed by atoms with Gasteiger partial charge >= 0.3 is 0 Å². The summed E-state index contributed by atoms with van der Waals surface area (Å²) in [6.45, 7) is 0.194. The summed E-state index contributed by atoms with van der Waals surface area (Å²) >= 11 is 4.89. The molecule has 0 unspecified atom stereocenters. The number of ketones is 1. The lowest BCUT2D eigenvalue weighted by atomic mass is 10.2. The van der Waals surface area contributed by atoms with Crippen molar-refractivity contribution in [3.8, 4) is 0 Å². The summed E-state index contributed by atoms with van der Waals surface area (Å²) in [5.41, 5.74) is 0.745. The van der Waals surface area contributed by atoms with E-state index in [1.165, 1.54) is 0 Å². The SMILES string of the molecule is O=C(CSCCCO)c1ccc(Br)cc1. The fraction of sp³-hybridized carbons (Fsp3) is 0.364. The highest BCUT2D eigenvalue weighted by Gasteiger charge is 2.04. The maximum Gasteiger partial charge on any atom is 0.172 e. The molecule has 82 valence electrons.